The van der Waals surface area contributed by atoms with Crippen molar-refractivity contribution in [1.82, 2.24) is 0 Å². The first kappa shape index (κ1) is 15.8. The molecule has 0 atom stereocenters. The number of ether oxygens (including phenoxy) is 1. The molecule has 19 heavy (non-hydrogen) atoms. The van der Waals surface area contributed by atoms with Crippen LogP contribution >= 0.6 is 10.7 Å². The molecular weight excluding hydrogens is 290 g/mol. The second kappa shape index (κ2) is 6.25. The summed E-state index contributed by atoms with van der Waals surface area (Å²) in [5.41, 5.74) is 5.73. The van der Waals surface area contributed by atoms with Crippen molar-refractivity contribution < 1.29 is 17.9 Å². The average Bonchev–Trinajstić information content (AvgIpc) is 2.27. The van der Waals surface area contributed by atoms with Gasteiger partial charge in [-0.25, -0.2) is 8.42 Å². The van der Waals surface area contributed by atoms with Gasteiger partial charge in [-0.1, -0.05) is 13.8 Å². The third kappa shape index (κ3) is 4.72. The summed E-state index contributed by atoms with van der Waals surface area (Å²) in [5, 5.41) is 0. The van der Waals surface area contributed by atoms with Gasteiger partial charge in [-0.15, -0.1) is 0 Å². The largest absolute Gasteiger partial charge is 0.493 e. The molecule has 2 N–H and O–H groups in total. The van der Waals surface area contributed by atoms with Gasteiger partial charge in [-0.2, -0.15) is 0 Å². The summed E-state index contributed by atoms with van der Waals surface area (Å²) in [6, 6.07) is 4.38. The molecule has 0 fully saturated rings. The molecule has 0 saturated heterocycles. The van der Waals surface area contributed by atoms with Crippen LogP contribution in [0.2, 0.25) is 0 Å². The van der Waals surface area contributed by atoms with Crippen LogP contribution in [0.15, 0.2) is 23.1 Å². The van der Waals surface area contributed by atoms with Gasteiger partial charge in [-0.05, 0) is 29.7 Å². The lowest BCUT2D eigenvalue weighted by Crippen LogP contribution is -2.15. The summed E-state index contributed by atoms with van der Waals surface area (Å²) in [4.78, 5) is 10.7. The number of hydrogen-bond acceptors (Lipinski definition) is 4. The normalized spacial score (nSPS) is 11.6. The number of halogens is 1. The van der Waals surface area contributed by atoms with Gasteiger partial charge in [0, 0.05) is 10.7 Å². The molecule has 0 radical (unpaired) electrons. The predicted octanol–water partition coefficient (Wildman–Crippen LogP) is 1.99. The molecule has 0 unspecified atom stereocenters. The first-order chi connectivity index (χ1) is 8.71. The fourth-order valence-electron chi connectivity index (χ4n) is 1.52. The lowest BCUT2D eigenvalue weighted by Gasteiger charge is -2.14. The monoisotopic (exact) mass is 305 g/mol. The third-order valence-corrected chi connectivity index (χ3v) is 3.84. The van der Waals surface area contributed by atoms with Crippen molar-refractivity contribution in [1.29, 1.82) is 0 Å². The molecule has 5 nitrogen and oxygen atoms in total. The van der Waals surface area contributed by atoms with Crippen molar-refractivity contribution in [2.75, 3.05) is 6.61 Å². The molecular formula is C12H16ClNO4S. The number of carbonyl (C=O) groups excluding carboxylic acids is 1. The number of benzene rings is 1. The van der Waals surface area contributed by atoms with E-state index < -0.39 is 15.0 Å². The van der Waals surface area contributed by atoms with Crippen molar-refractivity contribution in [2.45, 2.75) is 31.1 Å². The van der Waals surface area contributed by atoms with Crippen molar-refractivity contribution in [3.63, 3.8) is 0 Å². The average molecular weight is 306 g/mol. The molecule has 0 aliphatic carbocycles. The Labute approximate surface area is 117 Å². The Bertz CT molecular complexity index is 569. The van der Waals surface area contributed by atoms with E-state index in [1.165, 1.54) is 18.2 Å². The fraction of sp³-hybridized carbons (Fsp3) is 0.417. The Kier molecular flexibility index (Phi) is 5.20. The Morgan fingerprint density at radius 1 is 1.42 bits per heavy atom. The minimum atomic E-state index is -3.77. The number of primary amides is 1. The maximum Gasteiger partial charge on any atom is 0.261 e. The molecule has 0 aromatic heterocycles. The Hall–Kier alpha value is -1.27. The van der Waals surface area contributed by atoms with Gasteiger partial charge in [0.05, 0.1) is 17.9 Å². The lowest BCUT2D eigenvalue weighted by molar-refractivity contribution is -0.118. The number of nitrogens with two attached hydrogens (primary N) is 1. The minimum absolute atomic E-state index is 0.0279. The molecule has 0 spiro atoms. The summed E-state index contributed by atoms with van der Waals surface area (Å²) in [5.74, 6) is 0.133. The van der Waals surface area contributed by atoms with Crippen LogP contribution in [-0.2, 0) is 13.8 Å². The minimum Gasteiger partial charge on any atom is -0.493 e. The predicted molar refractivity (Wildman–Crippen MR) is 72.9 cm³/mol. The van der Waals surface area contributed by atoms with E-state index in [1.807, 2.05) is 13.8 Å². The van der Waals surface area contributed by atoms with Gasteiger partial charge in [0.1, 0.15) is 5.75 Å². The van der Waals surface area contributed by atoms with E-state index >= 15 is 0 Å². The first-order valence-electron chi connectivity index (χ1n) is 5.71. The van der Waals surface area contributed by atoms with Crippen molar-refractivity contribution in [2.24, 2.45) is 5.73 Å². The van der Waals surface area contributed by atoms with Gasteiger partial charge in [-0.3, -0.25) is 4.79 Å². The molecule has 1 aromatic carbocycles. The van der Waals surface area contributed by atoms with Crippen LogP contribution in [0.5, 0.6) is 5.75 Å². The van der Waals surface area contributed by atoms with E-state index in [4.69, 9.17) is 21.2 Å². The third-order valence-electron chi connectivity index (χ3n) is 2.49. The Morgan fingerprint density at radius 3 is 2.53 bits per heavy atom. The van der Waals surface area contributed by atoms with E-state index in [0.29, 0.717) is 11.3 Å². The highest BCUT2D eigenvalue weighted by Gasteiger charge is 2.15. The summed E-state index contributed by atoms with van der Waals surface area (Å²) in [6.45, 7) is 3.96. The van der Waals surface area contributed by atoms with Crippen LogP contribution in [0, 0.1) is 0 Å². The summed E-state index contributed by atoms with van der Waals surface area (Å²) < 4.78 is 28.0. The highest BCUT2D eigenvalue weighted by Crippen LogP contribution is 2.30. The van der Waals surface area contributed by atoms with Crippen LogP contribution in [0.25, 0.3) is 0 Å². The van der Waals surface area contributed by atoms with Crippen LogP contribution in [0.3, 0.4) is 0 Å². The smallest absolute Gasteiger partial charge is 0.261 e. The molecule has 1 amide bonds. The van der Waals surface area contributed by atoms with Gasteiger partial charge >= 0.3 is 0 Å². The van der Waals surface area contributed by atoms with Gasteiger partial charge in [0.25, 0.3) is 9.05 Å². The van der Waals surface area contributed by atoms with Crippen LogP contribution in [0.1, 0.15) is 31.7 Å². The Morgan fingerprint density at radius 2 is 2.05 bits per heavy atom. The molecule has 7 heteroatoms. The topological polar surface area (TPSA) is 86.5 Å². The first-order valence-corrected chi connectivity index (χ1v) is 8.02. The molecule has 1 rings (SSSR count). The molecule has 0 heterocycles. The second-order valence-corrected chi connectivity index (χ2v) is 6.92. The molecule has 1 aromatic rings. The summed E-state index contributed by atoms with van der Waals surface area (Å²) in [6.07, 6.45) is 0.104. The van der Waals surface area contributed by atoms with E-state index in [0.717, 1.165) is 0 Å². The molecule has 0 bridgehead atoms. The van der Waals surface area contributed by atoms with Crippen LogP contribution in [0.4, 0.5) is 0 Å². The number of hydrogen-bond donors (Lipinski definition) is 1. The second-order valence-electron chi connectivity index (χ2n) is 4.36. The van der Waals surface area contributed by atoms with Gasteiger partial charge < -0.3 is 10.5 Å². The highest BCUT2D eigenvalue weighted by molar-refractivity contribution is 8.13. The fourth-order valence-corrected chi connectivity index (χ4v) is 2.31. The maximum absolute atomic E-state index is 11.3. The zero-order chi connectivity index (χ0) is 14.6. The van der Waals surface area contributed by atoms with Crippen molar-refractivity contribution in [3.8, 4) is 5.75 Å². The molecule has 0 aliphatic rings. The number of carbonyl (C=O) groups is 1. The quantitative estimate of drug-likeness (QED) is 0.814. The molecule has 106 valence electrons. The lowest BCUT2D eigenvalue weighted by atomic mass is 10.0. The van der Waals surface area contributed by atoms with Crippen LogP contribution < -0.4 is 10.5 Å². The van der Waals surface area contributed by atoms with E-state index in [2.05, 4.69) is 0 Å². The Balaban J connectivity index is 3.02. The van der Waals surface area contributed by atoms with E-state index in [-0.39, 0.29) is 23.8 Å². The van der Waals surface area contributed by atoms with E-state index in [9.17, 15) is 13.2 Å². The number of rotatable bonds is 6. The number of amides is 1. The zero-order valence-electron chi connectivity index (χ0n) is 10.7. The summed E-state index contributed by atoms with van der Waals surface area (Å²) >= 11 is 0. The zero-order valence-corrected chi connectivity index (χ0v) is 12.3. The summed E-state index contributed by atoms with van der Waals surface area (Å²) in [7, 11) is 1.54. The molecule has 0 saturated carbocycles. The maximum atomic E-state index is 11.3. The molecule has 0 aliphatic heterocycles. The van der Waals surface area contributed by atoms with Gasteiger partial charge in [0.15, 0.2) is 0 Å². The van der Waals surface area contributed by atoms with Crippen molar-refractivity contribution >= 4 is 25.6 Å². The highest BCUT2D eigenvalue weighted by atomic mass is 35.7. The van der Waals surface area contributed by atoms with Gasteiger partial charge in [0.2, 0.25) is 5.91 Å². The standard InChI is InChI=1S/C12H16ClNO4S/c1-8(2)10-7-9(19(13,16)17)3-4-11(10)18-6-5-12(14)15/h3-4,7-8H,5-6H2,1-2H3,(H2,14,15). The van der Waals surface area contributed by atoms with Crippen LogP contribution in [-0.4, -0.2) is 20.9 Å². The van der Waals surface area contributed by atoms with Crippen molar-refractivity contribution in [3.05, 3.63) is 23.8 Å². The SMILES string of the molecule is CC(C)c1cc(S(=O)(=O)Cl)ccc1OCCC(N)=O. The van der Waals surface area contributed by atoms with E-state index in [1.54, 1.807) is 0 Å².